The number of benzene rings is 1. The van der Waals surface area contributed by atoms with Crippen molar-refractivity contribution in [1.82, 2.24) is 9.55 Å². The van der Waals surface area contributed by atoms with Crippen LogP contribution in [0.3, 0.4) is 0 Å². The Balaban J connectivity index is 1.91. The van der Waals surface area contributed by atoms with Crippen LogP contribution in [0, 0.1) is 0 Å². The molecule has 3 aromatic rings. The van der Waals surface area contributed by atoms with Crippen LogP contribution >= 0.6 is 0 Å². The lowest BCUT2D eigenvalue weighted by molar-refractivity contribution is -0.125. The summed E-state index contributed by atoms with van der Waals surface area (Å²) in [7, 11) is 1.41. The molecule has 0 radical (unpaired) electrons. The smallest absolute Gasteiger partial charge is 0.444 e. The van der Waals surface area contributed by atoms with Crippen LogP contribution in [0.2, 0.25) is 0 Å². The van der Waals surface area contributed by atoms with Crippen molar-refractivity contribution in [2.75, 3.05) is 4.90 Å². The van der Waals surface area contributed by atoms with E-state index in [1.165, 1.54) is 23.9 Å². The number of ether oxygens (including phenoxy) is 1. The molecular formula is C17H14F3N3O2. The zero-order chi connectivity index (χ0) is 18.0. The highest BCUT2D eigenvalue weighted by Crippen LogP contribution is 2.32. The van der Waals surface area contributed by atoms with E-state index in [1.807, 2.05) is 0 Å². The number of nitrogens with zero attached hydrogens (tertiary/aromatic N) is 3. The Kier molecular flexibility index (Phi) is 4.35. The van der Waals surface area contributed by atoms with Gasteiger partial charge in [0, 0.05) is 18.6 Å². The normalized spacial score (nSPS) is 11.5. The van der Waals surface area contributed by atoms with Crippen molar-refractivity contribution < 1.29 is 22.7 Å². The summed E-state index contributed by atoms with van der Waals surface area (Å²) in [5, 5.41) is 0.491. The van der Waals surface area contributed by atoms with Gasteiger partial charge in [-0.15, -0.1) is 13.2 Å². The van der Waals surface area contributed by atoms with Gasteiger partial charge in [0.15, 0.2) is 0 Å². The van der Waals surface area contributed by atoms with Gasteiger partial charge in [0.05, 0.1) is 0 Å². The molecule has 0 N–H and O–H groups in total. The van der Waals surface area contributed by atoms with Gasteiger partial charge in [-0.3, -0.25) is 0 Å². The topological polar surface area (TPSA) is 47.4 Å². The van der Waals surface area contributed by atoms with Crippen molar-refractivity contribution in [1.29, 1.82) is 0 Å². The third kappa shape index (κ3) is 3.42. The van der Waals surface area contributed by atoms with Crippen molar-refractivity contribution in [3.63, 3.8) is 0 Å². The molecule has 0 aliphatic heterocycles. The Morgan fingerprint density at radius 3 is 2.56 bits per heavy atom. The largest absolute Gasteiger partial charge is 0.495 e. The molecule has 0 bridgehead atoms. The highest BCUT2D eigenvalue weighted by atomic mass is 19.4. The van der Waals surface area contributed by atoms with E-state index < -0.39 is 12.4 Å². The maximum absolute atomic E-state index is 13.5. The summed E-state index contributed by atoms with van der Waals surface area (Å²) in [4.78, 5) is 15.9. The highest BCUT2D eigenvalue weighted by molar-refractivity contribution is 5.92. The van der Waals surface area contributed by atoms with E-state index in [4.69, 9.17) is 4.74 Å². The Labute approximate surface area is 141 Å². The number of amides is 1. The number of halogens is 3. The molecule has 130 valence electrons. The minimum atomic E-state index is -4.93. The summed E-state index contributed by atoms with van der Waals surface area (Å²) in [6.45, 7) is -0.256. The van der Waals surface area contributed by atoms with Gasteiger partial charge >= 0.3 is 12.4 Å². The van der Waals surface area contributed by atoms with Crippen LogP contribution in [-0.2, 0) is 18.4 Å². The molecule has 5 nitrogen and oxygen atoms in total. The van der Waals surface area contributed by atoms with Gasteiger partial charge in [0.1, 0.15) is 18.1 Å². The molecule has 0 unspecified atom stereocenters. The first kappa shape index (κ1) is 16.8. The predicted octanol–water partition coefficient (Wildman–Crippen LogP) is 4.24. The van der Waals surface area contributed by atoms with E-state index in [0.717, 1.165) is 0 Å². The average molecular weight is 349 g/mol. The predicted molar refractivity (Wildman–Crippen MR) is 85.9 cm³/mol. The van der Waals surface area contributed by atoms with Gasteiger partial charge in [0.25, 0.3) is 0 Å². The van der Waals surface area contributed by atoms with E-state index in [2.05, 4.69) is 4.98 Å². The maximum Gasteiger partial charge on any atom is 0.495 e. The van der Waals surface area contributed by atoms with Gasteiger partial charge in [0.2, 0.25) is 0 Å². The van der Waals surface area contributed by atoms with Crippen molar-refractivity contribution in [3.8, 4) is 0 Å². The number of carbonyl (C=O) groups excluding carboxylic acids is 1. The van der Waals surface area contributed by atoms with Gasteiger partial charge in [-0.1, -0.05) is 30.3 Å². The molecule has 0 spiro atoms. The third-order valence-corrected chi connectivity index (χ3v) is 3.63. The molecule has 0 aliphatic rings. The van der Waals surface area contributed by atoms with E-state index in [-0.39, 0.29) is 17.3 Å². The fourth-order valence-electron chi connectivity index (χ4n) is 2.47. The lowest BCUT2D eigenvalue weighted by Gasteiger charge is -2.24. The summed E-state index contributed by atoms with van der Waals surface area (Å²) in [5.41, 5.74) is 0.930. The molecule has 1 aromatic carbocycles. The first-order valence-corrected chi connectivity index (χ1v) is 7.36. The summed E-state index contributed by atoms with van der Waals surface area (Å²) < 4.78 is 46.5. The molecular weight excluding hydrogens is 335 g/mol. The second kappa shape index (κ2) is 6.46. The van der Waals surface area contributed by atoms with Crippen molar-refractivity contribution in [2.24, 2.45) is 7.05 Å². The zero-order valence-electron chi connectivity index (χ0n) is 13.2. The molecule has 2 aromatic heterocycles. The number of carbonyl (C=O) groups is 1. The van der Waals surface area contributed by atoms with Crippen LogP contribution in [0.5, 0.6) is 0 Å². The Bertz CT molecular complexity index is 891. The maximum atomic E-state index is 13.5. The van der Waals surface area contributed by atoms with Gasteiger partial charge < -0.3 is 9.30 Å². The summed E-state index contributed by atoms with van der Waals surface area (Å²) in [5.74, 6) is -0.362. The molecule has 0 saturated heterocycles. The quantitative estimate of drug-likeness (QED) is 0.665. The van der Waals surface area contributed by atoms with Crippen molar-refractivity contribution >= 4 is 22.9 Å². The molecule has 1 amide bonds. The lowest BCUT2D eigenvalue weighted by Crippen LogP contribution is -2.44. The van der Waals surface area contributed by atoms with E-state index in [9.17, 15) is 18.0 Å². The van der Waals surface area contributed by atoms with Crippen LogP contribution in [0.15, 0.2) is 54.7 Å². The SMILES string of the molecule is Cn1c(N(C(=O)OCc2ccccc2)C(F)(F)F)cc2cccnc21. The van der Waals surface area contributed by atoms with Crippen LogP contribution in [0.1, 0.15) is 5.56 Å². The number of hydrogen-bond donors (Lipinski definition) is 0. The molecule has 3 rings (SSSR count). The van der Waals surface area contributed by atoms with Crippen LogP contribution < -0.4 is 4.90 Å². The summed E-state index contributed by atoms with van der Waals surface area (Å²) >= 11 is 0. The minimum absolute atomic E-state index is 0.256. The van der Waals surface area contributed by atoms with E-state index in [1.54, 1.807) is 42.5 Å². The lowest BCUT2D eigenvalue weighted by atomic mass is 10.2. The first-order valence-electron chi connectivity index (χ1n) is 7.36. The van der Waals surface area contributed by atoms with Gasteiger partial charge in [-0.2, -0.15) is 4.90 Å². The fourth-order valence-corrected chi connectivity index (χ4v) is 2.47. The molecule has 25 heavy (non-hydrogen) atoms. The van der Waals surface area contributed by atoms with E-state index in [0.29, 0.717) is 16.6 Å². The first-order chi connectivity index (χ1) is 11.9. The highest BCUT2D eigenvalue weighted by Gasteiger charge is 2.45. The molecule has 0 fully saturated rings. The Hall–Kier alpha value is -3.03. The van der Waals surface area contributed by atoms with Crippen LogP contribution in [0.25, 0.3) is 11.0 Å². The zero-order valence-corrected chi connectivity index (χ0v) is 13.2. The molecule has 2 heterocycles. The van der Waals surface area contributed by atoms with Gasteiger partial charge in [-0.25, -0.2) is 9.78 Å². The summed E-state index contributed by atoms with van der Waals surface area (Å²) in [6.07, 6.45) is -4.96. The number of anilines is 1. The fraction of sp³-hybridized carbons (Fsp3) is 0.176. The molecule has 8 heteroatoms. The van der Waals surface area contributed by atoms with Crippen molar-refractivity contribution in [3.05, 3.63) is 60.3 Å². The van der Waals surface area contributed by atoms with E-state index >= 15 is 0 Å². The molecule has 0 atom stereocenters. The van der Waals surface area contributed by atoms with Gasteiger partial charge in [-0.05, 0) is 23.8 Å². The number of aromatic nitrogens is 2. The standard InChI is InChI=1S/C17H14F3N3O2/c1-22-14(10-13-8-5-9-21-15(13)22)23(17(18,19)20)16(24)25-11-12-6-3-2-4-7-12/h2-10H,11H2,1H3. The number of rotatable bonds is 3. The second-order valence-electron chi connectivity index (χ2n) is 5.32. The number of hydrogen-bond acceptors (Lipinski definition) is 3. The monoisotopic (exact) mass is 349 g/mol. The number of alkyl halides is 3. The Morgan fingerprint density at radius 1 is 1.20 bits per heavy atom. The van der Waals surface area contributed by atoms with Crippen molar-refractivity contribution in [2.45, 2.75) is 12.9 Å². The number of aryl methyl sites for hydroxylation is 1. The van der Waals surface area contributed by atoms with Crippen LogP contribution in [-0.4, -0.2) is 21.9 Å². The third-order valence-electron chi connectivity index (χ3n) is 3.63. The minimum Gasteiger partial charge on any atom is -0.444 e. The molecule has 0 aliphatic carbocycles. The second-order valence-corrected chi connectivity index (χ2v) is 5.32. The molecule has 0 saturated carbocycles. The number of pyridine rings is 1. The van der Waals surface area contributed by atoms with Crippen LogP contribution in [0.4, 0.5) is 23.8 Å². The Morgan fingerprint density at radius 2 is 1.92 bits per heavy atom. The summed E-state index contributed by atoms with van der Waals surface area (Å²) in [6, 6.07) is 13.0. The number of fused-ring (bicyclic) bond motifs is 1. The average Bonchev–Trinajstić information content (AvgIpc) is 2.90.